The van der Waals surface area contributed by atoms with Gasteiger partial charge in [0.2, 0.25) is 10.0 Å². The molecule has 1 fully saturated rings. The molecule has 1 unspecified atom stereocenters. The SMILES string of the molecule is CNCCCn1nc(C)c(S(=O)(=O)NC(C)C2CC2)c1C. The average Bonchev–Trinajstić information content (AvgIpc) is 3.17. The molecular weight excluding hydrogens is 288 g/mol. The van der Waals surface area contributed by atoms with Gasteiger partial charge in [-0.1, -0.05) is 0 Å². The number of hydrogen-bond donors (Lipinski definition) is 2. The summed E-state index contributed by atoms with van der Waals surface area (Å²) in [6.45, 7) is 7.14. The number of aromatic nitrogens is 2. The quantitative estimate of drug-likeness (QED) is 0.707. The Kier molecular flexibility index (Phi) is 5.06. The highest BCUT2D eigenvalue weighted by molar-refractivity contribution is 7.89. The molecule has 0 radical (unpaired) electrons. The zero-order valence-corrected chi connectivity index (χ0v) is 14.1. The molecule has 2 N–H and O–H groups in total. The van der Waals surface area contributed by atoms with Crippen LogP contribution in [-0.4, -0.2) is 37.8 Å². The predicted octanol–water partition coefficient (Wildman–Crippen LogP) is 1.19. The maximum absolute atomic E-state index is 12.6. The molecule has 6 nitrogen and oxygen atoms in total. The van der Waals surface area contributed by atoms with E-state index in [9.17, 15) is 8.42 Å². The molecule has 1 atom stereocenters. The monoisotopic (exact) mass is 314 g/mol. The normalized spacial score (nSPS) is 17.1. The largest absolute Gasteiger partial charge is 0.320 e. The van der Waals surface area contributed by atoms with Gasteiger partial charge in [-0.25, -0.2) is 13.1 Å². The first-order valence-corrected chi connectivity index (χ1v) is 9.06. The van der Waals surface area contributed by atoms with E-state index in [4.69, 9.17) is 0 Å². The standard InChI is InChI=1S/C14H26N4O2S/c1-10(13-6-7-13)17-21(19,20)14-11(2)16-18(12(14)3)9-5-8-15-4/h10,13,15,17H,5-9H2,1-4H3. The van der Waals surface area contributed by atoms with Crippen LogP contribution in [0.15, 0.2) is 4.90 Å². The first-order valence-electron chi connectivity index (χ1n) is 7.57. The first kappa shape index (κ1) is 16.5. The van der Waals surface area contributed by atoms with Crippen molar-refractivity contribution in [2.24, 2.45) is 5.92 Å². The molecule has 1 heterocycles. The lowest BCUT2D eigenvalue weighted by atomic mass is 10.2. The summed E-state index contributed by atoms with van der Waals surface area (Å²) < 4.78 is 29.8. The Morgan fingerprint density at radius 2 is 2.05 bits per heavy atom. The van der Waals surface area contributed by atoms with Gasteiger partial charge in [-0.05, 0) is 59.5 Å². The number of nitrogens with one attached hydrogen (secondary N) is 2. The highest BCUT2D eigenvalue weighted by atomic mass is 32.2. The van der Waals surface area contributed by atoms with Gasteiger partial charge in [0.25, 0.3) is 0 Å². The van der Waals surface area contributed by atoms with Crippen LogP contribution in [0.1, 0.15) is 37.6 Å². The van der Waals surface area contributed by atoms with Gasteiger partial charge < -0.3 is 5.32 Å². The van der Waals surface area contributed by atoms with Crippen molar-refractivity contribution in [3.05, 3.63) is 11.4 Å². The topological polar surface area (TPSA) is 76.0 Å². The van der Waals surface area contributed by atoms with Crippen LogP contribution in [0.5, 0.6) is 0 Å². The van der Waals surface area contributed by atoms with E-state index in [1.54, 1.807) is 11.6 Å². The minimum atomic E-state index is -3.48. The summed E-state index contributed by atoms with van der Waals surface area (Å²) in [6.07, 6.45) is 3.15. The van der Waals surface area contributed by atoms with Crippen molar-refractivity contribution >= 4 is 10.0 Å². The van der Waals surface area contributed by atoms with E-state index in [0.29, 0.717) is 16.5 Å². The summed E-state index contributed by atoms with van der Waals surface area (Å²) in [5.41, 5.74) is 1.30. The molecule has 0 amide bonds. The van der Waals surface area contributed by atoms with Crippen LogP contribution in [0.4, 0.5) is 0 Å². The van der Waals surface area contributed by atoms with Gasteiger partial charge in [-0.2, -0.15) is 5.10 Å². The lowest BCUT2D eigenvalue weighted by molar-refractivity contribution is 0.534. The molecule has 0 bridgehead atoms. The third-order valence-electron chi connectivity index (χ3n) is 4.05. The summed E-state index contributed by atoms with van der Waals surface area (Å²) in [6, 6.07) is 0.00133. The highest BCUT2D eigenvalue weighted by Gasteiger charge is 2.33. The Balaban J connectivity index is 2.17. The maximum atomic E-state index is 12.6. The van der Waals surface area contributed by atoms with Gasteiger partial charge in [0.15, 0.2) is 0 Å². The maximum Gasteiger partial charge on any atom is 0.244 e. The highest BCUT2D eigenvalue weighted by Crippen LogP contribution is 2.33. The second kappa shape index (κ2) is 6.46. The van der Waals surface area contributed by atoms with Crippen LogP contribution >= 0.6 is 0 Å². The minimum absolute atomic E-state index is 0.00133. The van der Waals surface area contributed by atoms with Crippen LogP contribution in [0.2, 0.25) is 0 Å². The molecule has 7 heteroatoms. The van der Waals surface area contributed by atoms with Gasteiger partial charge in [-0.15, -0.1) is 0 Å². The fourth-order valence-corrected chi connectivity index (χ4v) is 4.41. The Hall–Kier alpha value is -0.920. The first-order chi connectivity index (χ1) is 9.86. The van der Waals surface area contributed by atoms with Crippen LogP contribution in [0.25, 0.3) is 0 Å². The van der Waals surface area contributed by atoms with Crippen molar-refractivity contribution in [3.63, 3.8) is 0 Å². The second-order valence-electron chi connectivity index (χ2n) is 5.93. The van der Waals surface area contributed by atoms with E-state index >= 15 is 0 Å². The Labute approximate surface area is 127 Å². The third kappa shape index (κ3) is 3.84. The molecule has 21 heavy (non-hydrogen) atoms. The fourth-order valence-electron chi connectivity index (χ4n) is 2.69. The number of sulfonamides is 1. The van der Waals surface area contributed by atoms with Crippen molar-refractivity contribution in [3.8, 4) is 0 Å². The van der Waals surface area contributed by atoms with Crippen molar-refractivity contribution < 1.29 is 8.42 Å². The summed E-state index contributed by atoms with van der Waals surface area (Å²) >= 11 is 0. The number of nitrogens with zero attached hydrogens (tertiary/aromatic N) is 2. The minimum Gasteiger partial charge on any atom is -0.320 e. The van der Waals surface area contributed by atoms with E-state index in [2.05, 4.69) is 15.1 Å². The molecule has 0 spiro atoms. The molecule has 0 aliphatic heterocycles. The lowest BCUT2D eigenvalue weighted by Crippen LogP contribution is -2.34. The molecule has 1 aliphatic carbocycles. The molecule has 2 rings (SSSR count). The molecule has 1 aromatic heterocycles. The van der Waals surface area contributed by atoms with E-state index in [0.717, 1.165) is 38.0 Å². The van der Waals surface area contributed by atoms with E-state index in [1.165, 1.54) is 0 Å². The Bertz CT molecular complexity index is 590. The van der Waals surface area contributed by atoms with Crippen LogP contribution in [0.3, 0.4) is 0 Å². The van der Waals surface area contributed by atoms with Crippen LogP contribution in [0, 0.1) is 19.8 Å². The Morgan fingerprint density at radius 1 is 1.38 bits per heavy atom. The zero-order chi connectivity index (χ0) is 15.6. The molecule has 120 valence electrons. The van der Waals surface area contributed by atoms with Gasteiger partial charge in [0, 0.05) is 12.6 Å². The third-order valence-corrected chi connectivity index (χ3v) is 5.86. The van der Waals surface area contributed by atoms with Gasteiger partial charge in [0.1, 0.15) is 4.90 Å². The Morgan fingerprint density at radius 3 is 2.62 bits per heavy atom. The summed E-state index contributed by atoms with van der Waals surface area (Å²) in [5, 5.41) is 7.47. The average molecular weight is 314 g/mol. The number of rotatable bonds is 8. The smallest absolute Gasteiger partial charge is 0.244 e. The summed E-state index contributed by atoms with van der Waals surface area (Å²) in [5.74, 6) is 0.492. The van der Waals surface area contributed by atoms with E-state index in [-0.39, 0.29) is 6.04 Å². The van der Waals surface area contributed by atoms with E-state index < -0.39 is 10.0 Å². The van der Waals surface area contributed by atoms with Crippen molar-refractivity contribution in [1.82, 2.24) is 19.8 Å². The summed E-state index contributed by atoms with van der Waals surface area (Å²) in [4.78, 5) is 0.347. The molecule has 1 aromatic rings. The van der Waals surface area contributed by atoms with Gasteiger partial charge in [-0.3, -0.25) is 4.68 Å². The summed E-state index contributed by atoms with van der Waals surface area (Å²) in [7, 11) is -1.58. The molecule has 1 aliphatic rings. The van der Waals surface area contributed by atoms with Gasteiger partial charge >= 0.3 is 0 Å². The van der Waals surface area contributed by atoms with Crippen LogP contribution in [-0.2, 0) is 16.6 Å². The van der Waals surface area contributed by atoms with Crippen molar-refractivity contribution in [2.75, 3.05) is 13.6 Å². The van der Waals surface area contributed by atoms with Crippen molar-refractivity contribution in [2.45, 2.75) is 57.5 Å². The predicted molar refractivity (Wildman–Crippen MR) is 82.8 cm³/mol. The number of hydrogen-bond acceptors (Lipinski definition) is 4. The fraction of sp³-hybridized carbons (Fsp3) is 0.786. The van der Waals surface area contributed by atoms with Crippen molar-refractivity contribution in [1.29, 1.82) is 0 Å². The van der Waals surface area contributed by atoms with Crippen LogP contribution < -0.4 is 10.0 Å². The molecule has 0 saturated heterocycles. The molecule has 1 saturated carbocycles. The number of aryl methyl sites for hydroxylation is 2. The lowest BCUT2D eigenvalue weighted by Gasteiger charge is -2.13. The van der Waals surface area contributed by atoms with Gasteiger partial charge in [0.05, 0.1) is 11.4 Å². The van der Waals surface area contributed by atoms with E-state index in [1.807, 2.05) is 20.9 Å². The molecular formula is C14H26N4O2S. The molecule has 0 aromatic carbocycles. The zero-order valence-electron chi connectivity index (χ0n) is 13.3. The second-order valence-corrected chi connectivity index (χ2v) is 7.58.